The fraction of sp³-hybridized carbons (Fsp3) is 0.500. The van der Waals surface area contributed by atoms with Gasteiger partial charge in [0, 0.05) is 38.8 Å². The first-order chi connectivity index (χ1) is 10.7. The van der Waals surface area contributed by atoms with E-state index in [9.17, 15) is 4.79 Å². The zero-order valence-electron chi connectivity index (χ0n) is 12.8. The number of hydrogen-bond donors (Lipinski definition) is 0. The van der Waals surface area contributed by atoms with Crippen LogP contribution in [0.1, 0.15) is 36.8 Å². The average molecular weight is 295 g/mol. The molecule has 0 saturated carbocycles. The van der Waals surface area contributed by atoms with E-state index in [0.29, 0.717) is 19.3 Å². The minimum absolute atomic E-state index is 0.213. The second kappa shape index (κ2) is 6.31. The van der Waals surface area contributed by atoms with Crippen LogP contribution in [-0.2, 0) is 17.6 Å². The summed E-state index contributed by atoms with van der Waals surface area (Å²) < 4.78 is 0. The maximum absolute atomic E-state index is 12.5. The molecule has 4 nitrogen and oxygen atoms in total. The maximum atomic E-state index is 12.5. The van der Waals surface area contributed by atoms with Crippen LogP contribution in [0.4, 0.5) is 0 Å². The summed E-state index contributed by atoms with van der Waals surface area (Å²) in [6.07, 6.45) is 9.81. The lowest BCUT2D eigenvalue weighted by molar-refractivity contribution is -0.131. The summed E-state index contributed by atoms with van der Waals surface area (Å²) in [7, 11) is 0. The molecular weight excluding hydrogens is 274 g/mol. The van der Waals surface area contributed by atoms with Gasteiger partial charge in [0.1, 0.15) is 0 Å². The highest BCUT2D eigenvalue weighted by Crippen LogP contribution is 2.37. The van der Waals surface area contributed by atoms with Crippen molar-refractivity contribution in [2.45, 2.75) is 44.2 Å². The van der Waals surface area contributed by atoms with Crippen LogP contribution in [0.25, 0.3) is 0 Å². The number of terminal acetylenes is 1. The van der Waals surface area contributed by atoms with Crippen LogP contribution in [-0.4, -0.2) is 29.6 Å². The fourth-order valence-electron chi connectivity index (χ4n) is 3.05. The summed E-state index contributed by atoms with van der Waals surface area (Å²) >= 11 is 0. The number of fused-ring (bicyclic) bond motifs is 1. The third-order valence-electron chi connectivity index (χ3n) is 4.57. The van der Waals surface area contributed by atoms with Crippen LogP contribution < -0.4 is 0 Å². The molecule has 0 aliphatic carbocycles. The third-order valence-corrected chi connectivity index (χ3v) is 4.57. The van der Waals surface area contributed by atoms with Gasteiger partial charge in [0.15, 0.2) is 5.66 Å². The van der Waals surface area contributed by atoms with Crippen molar-refractivity contribution in [3.05, 3.63) is 35.4 Å². The quantitative estimate of drug-likeness (QED) is 0.770. The molecular formula is C18H21N3O. The molecule has 3 rings (SSSR count). The van der Waals surface area contributed by atoms with E-state index in [1.54, 1.807) is 0 Å². The molecule has 0 fully saturated rings. The minimum atomic E-state index is -0.350. The van der Waals surface area contributed by atoms with Crippen LogP contribution in [0.5, 0.6) is 0 Å². The number of nitrogens with zero attached hydrogens (tertiary/aromatic N) is 3. The summed E-state index contributed by atoms with van der Waals surface area (Å²) in [5.41, 5.74) is 2.39. The van der Waals surface area contributed by atoms with Gasteiger partial charge in [-0.25, -0.2) is 0 Å². The summed E-state index contributed by atoms with van der Waals surface area (Å²) in [4.78, 5) is 14.4. The maximum Gasteiger partial charge on any atom is 0.222 e. The van der Waals surface area contributed by atoms with Gasteiger partial charge in [0.25, 0.3) is 0 Å². The Morgan fingerprint density at radius 1 is 1.18 bits per heavy atom. The number of benzene rings is 1. The van der Waals surface area contributed by atoms with E-state index in [1.165, 1.54) is 11.1 Å². The van der Waals surface area contributed by atoms with Gasteiger partial charge in [-0.15, -0.1) is 12.3 Å². The van der Waals surface area contributed by atoms with E-state index in [1.807, 2.05) is 4.90 Å². The third kappa shape index (κ3) is 3.36. The van der Waals surface area contributed by atoms with Crippen molar-refractivity contribution in [2.75, 3.05) is 13.1 Å². The Kier molecular flexibility index (Phi) is 4.24. The van der Waals surface area contributed by atoms with E-state index >= 15 is 0 Å². The van der Waals surface area contributed by atoms with Crippen LogP contribution in [0.2, 0.25) is 0 Å². The Balaban J connectivity index is 1.51. The molecule has 1 amide bonds. The standard InChI is InChI=1S/C18H21N3O/c1-2-3-11-18(19-20-18)12-8-17(22)21-13-9-15-6-4-5-7-16(15)10-14-21/h1,4-7H,3,8-14H2. The lowest BCUT2D eigenvalue weighted by Gasteiger charge is -2.21. The highest BCUT2D eigenvalue weighted by atomic mass is 16.2. The number of rotatable bonds is 5. The molecule has 0 radical (unpaired) electrons. The van der Waals surface area contributed by atoms with Crippen LogP contribution >= 0.6 is 0 Å². The SMILES string of the molecule is C#CCCC1(CCC(=O)N2CCc3ccccc3CC2)N=N1. The average Bonchev–Trinajstić information content (AvgIpc) is 3.34. The smallest absolute Gasteiger partial charge is 0.222 e. The van der Waals surface area contributed by atoms with Gasteiger partial charge in [-0.05, 0) is 24.0 Å². The van der Waals surface area contributed by atoms with Crippen molar-refractivity contribution in [3.8, 4) is 12.3 Å². The van der Waals surface area contributed by atoms with Gasteiger partial charge in [-0.3, -0.25) is 4.79 Å². The van der Waals surface area contributed by atoms with Gasteiger partial charge in [0.2, 0.25) is 5.91 Å². The largest absolute Gasteiger partial charge is 0.342 e. The Morgan fingerprint density at radius 3 is 2.36 bits per heavy atom. The normalized spacial score (nSPS) is 18.2. The zero-order chi connectivity index (χ0) is 15.4. The molecule has 0 spiro atoms. The summed E-state index contributed by atoms with van der Waals surface area (Å²) in [5.74, 6) is 2.83. The molecule has 2 aliphatic rings. The number of carbonyl (C=O) groups is 1. The molecule has 0 N–H and O–H groups in total. The van der Waals surface area contributed by atoms with E-state index in [2.05, 4.69) is 40.4 Å². The van der Waals surface area contributed by atoms with Crippen LogP contribution in [0.3, 0.4) is 0 Å². The van der Waals surface area contributed by atoms with E-state index in [0.717, 1.165) is 32.4 Å². The van der Waals surface area contributed by atoms with Crippen molar-refractivity contribution in [3.63, 3.8) is 0 Å². The lowest BCUT2D eigenvalue weighted by atomic mass is 10.0. The molecule has 1 aromatic carbocycles. The van der Waals surface area contributed by atoms with E-state index in [4.69, 9.17) is 6.42 Å². The molecule has 0 aromatic heterocycles. The van der Waals surface area contributed by atoms with Gasteiger partial charge >= 0.3 is 0 Å². The van der Waals surface area contributed by atoms with Crippen molar-refractivity contribution in [2.24, 2.45) is 10.2 Å². The van der Waals surface area contributed by atoms with Gasteiger partial charge in [-0.2, -0.15) is 10.2 Å². The molecule has 114 valence electrons. The van der Waals surface area contributed by atoms with Crippen molar-refractivity contribution in [1.82, 2.24) is 4.90 Å². The molecule has 2 heterocycles. The van der Waals surface area contributed by atoms with Gasteiger partial charge < -0.3 is 4.90 Å². The summed E-state index contributed by atoms with van der Waals surface area (Å²) in [5, 5.41) is 8.20. The molecule has 0 unspecified atom stereocenters. The number of hydrogen-bond acceptors (Lipinski definition) is 3. The Labute approximate surface area is 131 Å². The second-order valence-electron chi connectivity index (χ2n) is 6.04. The molecule has 1 aromatic rings. The summed E-state index contributed by atoms with van der Waals surface area (Å²) in [6, 6.07) is 8.48. The Bertz CT molecular complexity index is 596. The van der Waals surface area contributed by atoms with E-state index < -0.39 is 0 Å². The zero-order valence-corrected chi connectivity index (χ0v) is 12.8. The minimum Gasteiger partial charge on any atom is -0.342 e. The molecule has 0 saturated heterocycles. The van der Waals surface area contributed by atoms with E-state index in [-0.39, 0.29) is 11.6 Å². The van der Waals surface area contributed by atoms with Gasteiger partial charge in [0.05, 0.1) is 0 Å². The number of carbonyl (C=O) groups excluding carboxylic acids is 1. The lowest BCUT2D eigenvalue weighted by Crippen LogP contribution is -2.34. The van der Waals surface area contributed by atoms with Crippen molar-refractivity contribution in [1.29, 1.82) is 0 Å². The fourth-order valence-corrected chi connectivity index (χ4v) is 3.05. The topological polar surface area (TPSA) is 45.0 Å². The first-order valence-corrected chi connectivity index (χ1v) is 7.94. The first kappa shape index (κ1) is 14.8. The Morgan fingerprint density at radius 2 is 1.82 bits per heavy atom. The number of amides is 1. The first-order valence-electron chi connectivity index (χ1n) is 7.94. The molecule has 0 bridgehead atoms. The van der Waals surface area contributed by atoms with Gasteiger partial charge in [-0.1, -0.05) is 24.3 Å². The monoisotopic (exact) mass is 295 g/mol. The predicted octanol–water partition coefficient (Wildman–Crippen LogP) is 2.97. The molecule has 4 heteroatoms. The van der Waals surface area contributed by atoms with Crippen LogP contribution in [0, 0.1) is 12.3 Å². The predicted molar refractivity (Wildman–Crippen MR) is 85.3 cm³/mol. The molecule has 0 atom stereocenters. The highest BCUT2D eigenvalue weighted by molar-refractivity contribution is 5.76. The van der Waals surface area contributed by atoms with Crippen molar-refractivity contribution < 1.29 is 4.79 Å². The second-order valence-corrected chi connectivity index (χ2v) is 6.04. The highest BCUT2D eigenvalue weighted by Gasteiger charge is 2.39. The molecule has 2 aliphatic heterocycles. The molecule has 22 heavy (non-hydrogen) atoms. The van der Waals surface area contributed by atoms with Crippen LogP contribution in [0.15, 0.2) is 34.5 Å². The van der Waals surface area contributed by atoms with Crippen molar-refractivity contribution >= 4 is 5.91 Å². The summed E-state index contributed by atoms with van der Waals surface area (Å²) in [6.45, 7) is 1.61. The Hall–Kier alpha value is -2.15.